The van der Waals surface area contributed by atoms with Gasteiger partial charge in [0.25, 0.3) is 0 Å². The van der Waals surface area contributed by atoms with Crippen LogP contribution in [0.5, 0.6) is 0 Å². The molecule has 0 bridgehead atoms. The number of aryl methyl sites for hydroxylation is 1. The van der Waals surface area contributed by atoms with E-state index in [1.165, 1.54) is 5.56 Å². The fraction of sp³-hybridized carbons (Fsp3) is 0.133. The molecular formula is C15H15N3. The lowest BCUT2D eigenvalue weighted by atomic mass is 10.1. The van der Waals surface area contributed by atoms with Gasteiger partial charge in [0.05, 0.1) is 11.0 Å². The van der Waals surface area contributed by atoms with Gasteiger partial charge in [0.15, 0.2) is 0 Å². The van der Waals surface area contributed by atoms with Crippen LogP contribution >= 0.6 is 0 Å². The van der Waals surface area contributed by atoms with Crippen molar-refractivity contribution in [1.82, 2.24) is 9.55 Å². The molecule has 1 aromatic heterocycles. The van der Waals surface area contributed by atoms with Crippen molar-refractivity contribution in [2.24, 2.45) is 0 Å². The van der Waals surface area contributed by atoms with Crippen LogP contribution in [0.25, 0.3) is 16.7 Å². The van der Waals surface area contributed by atoms with Crippen LogP contribution in [0.4, 0.5) is 5.69 Å². The molecule has 0 aliphatic heterocycles. The zero-order chi connectivity index (χ0) is 12.5. The zero-order valence-corrected chi connectivity index (χ0v) is 10.3. The van der Waals surface area contributed by atoms with Crippen LogP contribution in [0.1, 0.15) is 12.5 Å². The van der Waals surface area contributed by atoms with Crippen LogP contribution in [0.2, 0.25) is 0 Å². The van der Waals surface area contributed by atoms with Gasteiger partial charge in [-0.15, -0.1) is 0 Å². The standard InChI is InChI=1S/C15H15N3/c1-2-11-4-3-5-13(8-11)18-10-17-14-9-12(16)6-7-15(14)18/h3-10H,2,16H2,1H3. The molecule has 0 spiro atoms. The Bertz CT molecular complexity index is 698. The van der Waals surface area contributed by atoms with Crippen molar-refractivity contribution in [3.05, 3.63) is 54.4 Å². The predicted octanol–water partition coefficient (Wildman–Crippen LogP) is 3.17. The Morgan fingerprint density at radius 1 is 1.17 bits per heavy atom. The van der Waals surface area contributed by atoms with Crippen molar-refractivity contribution >= 4 is 16.7 Å². The summed E-state index contributed by atoms with van der Waals surface area (Å²) in [5.74, 6) is 0. The summed E-state index contributed by atoms with van der Waals surface area (Å²) < 4.78 is 2.09. The molecule has 0 saturated heterocycles. The van der Waals surface area contributed by atoms with Crippen molar-refractivity contribution in [3.8, 4) is 5.69 Å². The molecule has 0 radical (unpaired) electrons. The highest BCUT2D eigenvalue weighted by molar-refractivity contribution is 5.80. The van der Waals surface area contributed by atoms with E-state index in [1.54, 1.807) is 0 Å². The van der Waals surface area contributed by atoms with Gasteiger partial charge in [-0.1, -0.05) is 19.1 Å². The van der Waals surface area contributed by atoms with Gasteiger partial charge in [-0.3, -0.25) is 4.57 Å². The minimum atomic E-state index is 0.745. The fourth-order valence-corrected chi connectivity index (χ4v) is 2.16. The summed E-state index contributed by atoms with van der Waals surface area (Å²) >= 11 is 0. The monoisotopic (exact) mass is 237 g/mol. The third-order valence-electron chi connectivity index (χ3n) is 3.17. The second-order valence-electron chi connectivity index (χ2n) is 4.39. The van der Waals surface area contributed by atoms with Crippen molar-refractivity contribution in [3.63, 3.8) is 0 Å². The number of imidazole rings is 1. The van der Waals surface area contributed by atoms with Gasteiger partial charge in [0, 0.05) is 11.4 Å². The van der Waals surface area contributed by atoms with Crippen LogP contribution in [0.3, 0.4) is 0 Å². The fourth-order valence-electron chi connectivity index (χ4n) is 2.16. The first-order valence-electron chi connectivity index (χ1n) is 6.10. The van der Waals surface area contributed by atoms with Crippen LogP contribution in [0, 0.1) is 0 Å². The Balaban J connectivity index is 2.19. The second-order valence-corrected chi connectivity index (χ2v) is 4.39. The second kappa shape index (κ2) is 4.18. The van der Waals surface area contributed by atoms with Gasteiger partial charge < -0.3 is 5.73 Å². The molecule has 3 rings (SSSR count). The maximum Gasteiger partial charge on any atom is 0.100 e. The molecule has 0 aliphatic rings. The highest BCUT2D eigenvalue weighted by Gasteiger charge is 2.05. The first-order valence-corrected chi connectivity index (χ1v) is 6.10. The number of fused-ring (bicyclic) bond motifs is 1. The van der Waals surface area contributed by atoms with Gasteiger partial charge in [-0.2, -0.15) is 0 Å². The smallest absolute Gasteiger partial charge is 0.100 e. The minimum absolute atomic E-state index is 0.745. The number of nitrogen functional groups attached to an aromatic ring is 1. The van der Waals surface area contributed by atoms with Gasteiger partial charge in [-0.25, -0.2) is 4.98 Å². The average molecular weight is 237 g/mol. The molecule has 2 aromatic carbocycles. The summed E-state index contributed by atoms with van der Waals surface area (Å²) in [6, 6.07) is 14.3. The van der Waals surface area contributed by atoms with E-state index in [2.05, 4.69) is 40.7 Å². The Kier molecular flexibility index (Phi) is 2.52. The molecule has 0 saturated carbocycles. The maximum atomic E-state index is 5.77. The van der Waals surface area contributed by atoms with E-state index in [9.17, 15) is 0 Å². The SMILES string of the molecule is CCc1cccc(-n2cnc3cc(N)ccc32)c1. The highest BCUT2D eigenvalue weighted by atomic mass is 15.0. The average Bonchev–Trinajstić information content (AvgIpc) is 2.81. The number of hydrogen-bond donors (Lipinski definition) is 1. The zero-order valence-electron chi connectivity index (χ0n) is 10.3. The molecule has 2 N–H and O–H groups in total. The van der Waals surface area contributed by atoms with Crippen LogP contribution in [-0.2, 0) is 6.42 Å². The molecule has 0 atom stereocenters. The summed E-state index contributed by atoms with van der Waals surface area (Å²) in [4.78, 5) is 4.39. The lowest BCUT2D eigenvalue weighted by Crippen LogP contribution is -1.93. The highest BCUT2D eigenvalue weighted by Crippen LogP contribution is 2.20. The molecule has 0 amide bonds. The largest absolute Gasteiger partial charge is 0.399 e. The van der Waals surface area contributed by atoms with E-state index in [1.807, 2.05) is 24.5 Å². The van der Waals surface area contributed by atoms with E-state index < -0.39 is 0 Å². The van der Waals surface area contributed by atoms with Gasteiger partial charge in [0.1, 0.15) is 6.33 Å². The Morgan fingerprint density at radius 3 is 2.89 bits per heavy atom. The lowest BCUT2D eigenvalue weighted by molar-refractivity contribution is 1.07. The Labute approximate surface area is 106 Å². The van der Waals surface area contributed by atoms with Crippen molar-refractivity contribution in [1.29, 1.82) is 0 Å². The number of anilines is 1. The molecule has 18 heavy (non-hydrogen) atoms. The van der Waals surface area contributed by atoms with Crippen LogP contribution < -0.4 is 5.73 Å². The topological polar surface area (TPSA) is 43.8 Å². The number of aromatic nitrogens is 2. The van der Waals surface area contributed by atoms with Crippen molar-refractivity contribution in [2.75, 3.05) is 5.73 Å². The van der Waals surface area contributed by atoms with Crippen LogP contribution in [0.15, 0.2) is 48.8 Å². The normalized spacial score (nSPS) is 10.9. The van der Waals surface area contributed by atoms with Crippen molar-refractivity contribution < 1.29 is 0 Å². The predicted molar refractivity (Wildman–Crippen MR) is 74.9 cm³/mol. The number of rotatable bonds is 2. The lowest BCUT2D eigenvalue weighted by Gasteiger charge is -2.06. The van der Waals surface area contributed by atoms with E-state index in [-0.39, 0.29) is 0 Å². The van der Waals surface area contributed by atoms with Gasteiger partial charge in [-0.05, 0) is 42.3 Å². The van der Waals surface area contributed by atoms with E-state index in [0.717, 1.165) is 28.8 Å². The quantitative estimate of drug-likeness (QED) is 0.696. The molecule has 3 nitrogen and oxygen atoms in total. The first-order chi connectivity index (χ1) is 8.78. The first kappa shape index (κ1) is 10.8. The molecule has 3 heteroatoms. The molecule has 3 aromatic rings. The van der Waals surface area contributed by atoms with Crippen LogP contribution in [-0.4, -0.2) is 9.55 Å². The van der Waals surface area contributed by atoms with E-state index in [0.29, 0.717) is 0 Å². The Hall–Kier alpha value is -2.29. The summed E-state index contributed by atoms with van der Waals surface area (Å²) in [6.45, 7) is 2.16. The molecule has 1 heterocycles. The van der Waals surface area contributed by atoms with Gasteiger partial charge >= 0.3 is 0 Å². The molecule has 0 fully saturated rings. The minimum Gasteiger partial charge on any atom is -0.399 e. The number of hydrogen-bond acceptors (Lipinski definition) is 2. The van der Waals surface area contributed by atoms with E-state index >= 15 is 0 Å². The van der Waals surface area contributed by atoms with Crippen molar-refractivity contribution in [2.45, 2.75) is 13.3 Å². The molecule has 90 valence electrons. The molecule has 0 unspecified atom stereocenters. The summed E-state index contributed by atoms with van der Waals surface area (Å²) in [5, 5.41) is 0. The molecular weight excluding hydrogens is 222 g/mol. The number of benzene rings is 2. The summed E-state index contributed by atoms with van der Waals surface area (Å²) in [6.07, 6.45) is 2.88. The third-order valence-corrected chi connectivity index (χ3v) is 3.17. The third kappa shape index (κ3) is 1.74. The molecule has 0 aliphatic carbocycles. The number of nitrogens with two attached hydrogens (primary N) is 1. The summed E-state index contributed by atoms with van der Waals surface area (Å²) in [5.41, 5.74) is 11.0. The maximum absolute atomic E-state index is 5.77. The van der Waals surface area contributed by atoms with E-state index in [4.69, 9.17) is 5.73 Å². The van der Waals surface area contributed by atoms with Gasteiger partial charge in [0.2, 0.25) is 0 Å². The Morgan fingerprint density at radius 2 is 2.06 bits per heavy atom. The number of nitrogens with zero attached hydrogens (tertiary/aromatic N) is 2. The summed E-state index contributed by atoms with van der Waals surface area (Å²) in [7, 11) is 0.